The van der Waals surface area contributed by atoms with E-state index >= 15 is 0 Å². The molecule has 0 unspecified atom stereocenters. The second-order valence-electron chi connectivity index (χ2n) is 5.04. The van der Waals surface area contributed by atoms with Crippen LogP contribution in [0.5, 0.6) is 11.5 Å². The van der Waals surface area contributed by atoms with Crippen LogP contribution in [0, 0.1) is 0 Å². The Hall–Kier alpha value is -1.22. The molecule has 0 radical (unpaired) electrons. The third kappa shape index (κ3) is 2.96. The van der Waals surface area contributed by atoms with E-state index in [1.165, 1.54) is 19.3 Å². The highest BCUT2D eigenvalue weighted by atomic mass is 16.5. The molecule has 0 amide bonds. The van der Waals surface area contributed by atoms with Gasteiger partial charge < -0.3 is 15.2 Å². The molecule has 0 aromatic heterocycles. The molecule has 18 heavy (non-hydrogen) atoms. The monoisotopic (exact) mass is 249 g/mol. The summed E-state index contributed by atoms with van der Waals surface area (Å²) in [7, 11) is 1.67. The first-order valence-corrected chi connectivity index (χ1v) is 6.81. The van der Waals surface area contributed by atoms with Crippen molar-refractivity contribution >= 4 is 0 Å². The van der Waals surface area contributed by atoms with E-state index in [0.717, 1.165) is 29.9 Å². The molecule has 2 rings (SSSR count). The molecule has 0 bridgehead atoms. The van der Waals surface area contributed by atoms with Crippen molar-refractivity contribution < 1.29 is 9.47 Å². The molecule has 3 nitrogen and oxygen atoms in total. The molecule has 0 aliphatic heterocycles. The van der Waals surface area contributed by atoms with E-state index in [4.69, 9.17) is 15.2 Å². The molecule has 1 saturated carbocycles. The SMILES string of the molecule is COc1cccc(OC2CCCCC2)c1[C@H](C)N. The number of benzene rings is 1. The Kier molecular flexibility index (Phi) is 4.48. The Morgan fingerprint density at radius 1 is 1.17 bits per heavy atom. The Morgan fingerprint density at radius 3 is 2.44 bits per heavy atom. The lowest BCUT2D eigenvalue weighted by Crippen LogP contribution is -2.21. The topological polar surface area (TPSA) is 44.5 Å². The van der Waals surface area contributed by atoms with Gasteiger partial charge in [-0.25, -0.2) is 0 Å². The van der Waals surface area contributed by atoms with E-state index in [1.807, 2.05) is 25.1 Å². The fourth-order valence-corrected chi connectivity index (χ4v) is 2.62. The summed E-state index contributed by atoms with van der Waals surface area (Å²) in [6, 6.07) is 5.81. The van der Waals surface area contributed by atoms with Gasteiger partial charge in [-0.15, -0.1) is 0 Å². The highest BCUT2D eigenvalue weighted by Crippen LogP contribution is 2.35. The van der Waals surface area contributed by atoms with Crippen molar-refractivity contribution in [3.05, 3.63) is 23.8 Å². The van der Waals surface area contributed by atoms with Gasteiger partial charge in [-0.05, 0) is 44.7 Å². The Morgan fingerprint density at radius 2 is 1.83 bits per heavy atom. The average molecular weight is 249 g/mol. The van der Waals surface area contributed by atoms with E-state index in [1.54, 1.807) is 7.11 Å². The number of nitrogens with two attached hydrogens (primary N) is 1. The zero-order valence-electron chi connectivity index (χ0n) is 11.3. The van der Waals surface area contributed by atoms with E-state index < -0.39 is 0 Å². The number of hydrogen-bond donors (Lipinski definition) is 1. The van der Waals surface area contributed by atoms with E-state index in [2.05, 4.69) is 0 Å². The number of rotatable bonds is 4. The predicted octanol–water partition coefficient (Wildman–Crippen LogP) is 3.43. The zero-order valence-corrected chi connectivity index (χ0v) is 11.3. The van der Waals surface area contributed by atoms with Crippen molar-refractivity contribution in [1.82, 2.24) is 0 Å². The van der Waals surface area contributed by atoms with Crippen molar-refractivity contribution in [3.63, 3.8) is 0 Å². The van der Waals surface area contributed by atoms with Crippen molar-refractivity contribution in [3.8, 4) is 11.5 Å². The minimum atomic E-state index is -0.0836. The number of methoxy groups -OCH3 is 1. The van der Waals surface area contributed by atoms with Gasteiger partial charge in [-0.2, -0.15) is 0 Å². The molecule has 1 aliphatic rings. The van der Waals surface area contributed by atoms with Crippen molar-refractivity contribution in [2.45, 2.75) is 51.2 Å². The summed E-state index contributed by atoms with van der Waals surface area (Å²) >= 11 is 0. The summed E-state index contributed by atoms with van der Waals surface area (Å²) in [6.07, 6.45) is 6.50. The molecule has 1 aromatic carbocycles. The zero-order chi connectivity index (χ0) is 13.0. The molecule has 0 spiro atoms. The maximum atomic E-state index is 6.13. The minimum absolute atomic E-state index is 0.0836. The summed E-state index contributed by atoms with van der Waals surface area (Å²) in [4.78, 5) is 0. The van der Waals surface area contributed by atoms with Crippen LogP contribution >= 0.6 is 0 Å². The van der Waals surface area contributed by atoms with Gasteiger partial charge in [0.25, 0.3) is 0 Å². The molecule has 3 heteroatoms. The first kappa shape index (κ1) is 13.2. The van der Waals surface area contributed by atoms with Crippen molar-refractivity contribution in [1.29, 1.82) is 0 Å². The molecular formula is C15H23NO2. The second kappa shape index (κ2) is 6.10. The van der Waals surface area contributed by atoms with E-state index in [-0.39, 0.29) is 6.04 Å². The first-order chi connectivity index (χ1) is 8.72. The maximum absolute atomic E-state index is 6.13. The number of hydrogen-bond acceptors (Lipinski definition) is 3. The van der Waals surface area contributed by atoms with Crippen LogP contribution in [0.15, 0.2) is 18.2 Å². The molecule has 0 heterocycles. The average Bonchev–Trinajstić information content (AvgIpc) is 2.39. The summed E-state index contributed by atoms with van der Waals surface area (Å²) in [5, 5.41) is 0. The fourth-order valence-electron chi connectivity index (χ4n) is 2.62. The maximum Gasteiger partial charge on any atom is 0.128 e. The van der Waals surface area contributed by atoms with Gasteiger partial charge in [0.05, 0.1) is 18.8 Å². The molecule has 1 atom stereocenters. The Labute approximate surface area is 109 Å². The molecule has 2 N–H and O–H groups in total. The van der Waals surface area contributed by atoms with Gasteiger partial charge in [0, 0.05) is 6.04 Å². The normalized spacial score (nSPS) is 18.4. The minimum Gasteiger partial charge on any atom is -0.496 e. The third-order valence-corrected chi connectivity index (χ3v) is 3.55. The smallest absolute Gasteiger partial charge is 0.128 e. The molecule has 1 aliphatic carbocycles. The van der Waals surface area contributed by atoms with Gasteiger partial charge in [0.1, 0.15) is 11.5 Å². The highest BCUT2D eigenvalue weighted by Gasteiger charge is 2.19. The highest BCUT2D eigenvalue weighted by molar-refractivity contribution is 5.46. The van der Waals surface area contributed by atoms with E-state index in [9.17, 15) is 0 Å². The quantitative estimate of drug-likeness (QED) is 0.889. The fraction of sp³-hybridized carbons (Fsp3) is 0.600. The van der Waals surface area contributed by atoms with Crippen LogP contribution in [0.25, 0.3) is 0 Å². The number of ether oxygens (including phenoxy) is 2. The standard InChI is InChI=1S/C15H23NO2/c1-11(16)15-13(17-2)9-6-10-14(15)18-12-7-4-3-5-8-12/h6,9-12H,3-5,7-8,16H2,1-2H3/t11-/m0/s1. The lowest BCUT2D eigenvalue weighted by atomic mass is 9.97. The van der Waals surface area contributed by atoms with Crippen LogP contribution in [0.2, 0.25) is 0 Å². The molecular weight excluding hydrogens is 226 g/mol. The Bertz CT molecular complexity index is 384. The molecule has 1 fully saturated rings. The summed E-state index contributed by atoms with van der Waals surface area (Å²) < 4.78 is 11.5. The second-order valence-corrected chi connectivity index (χ2v) is 5.04. The Balaban J connectivity index is 2.20. The predicted molar refractivity (Wildman–Crippen MR) is 73.1 cm³/mol. The summed E-state index contributed by atoms with van der Waals surface area (Å²) in [6.45, 7) is 1.96. The van der Waals surface area contributed by atoms with Crippen LogP contribution in [0.3, 0.4) is 0 Å². The van der Waals surface area contributed by atoms with Crippen LogP contribution in [0.1, 0.15) is 50.6 Å². The summed E-state index contributed by atoms with van der Waals surface area (Å²) in [5.41, 5.74) is 7.01. The van der Waals surface area contributed by atoms with Gasteiger partial charge in [-0.3, -0.25) is 0 Å². The van der Waals surface area contributed by atoms with Crippen LogP contribution in [-0.4, -0.2) is 13.2 Å². The largest absolute Gasteiger partial charge is 0.496 e. The van der Waals surface area contributed by atoms with Gasteiger partial charge >= 0.3 is 0 Å². The van der Waals surface area contributed by atoms with Crippen LogP contribution in [0.4, 0.5) is 0 Å². The molecule has 1 aromatic rings. The van der Waals surface area contributed by atoms with Crippen LogP contribution < -0.4 is 15.2 Å². The molecule has 100 valence electrons. The lowest BCUT2D eigenvalue weighted by molar-refractivity contribution is 0.152. The van der Waals surface area contributed by atoms with Gasteiger partial charge in [-0.1, -0.05) is 12.5 Å². The van der Waals surface area contributed by atoms with Gasteiger partial charge in [0.15, 0.2) is 0 Å². The van der Waals surface area contributed by atoms with E-state index in [0.29, 0.717) is 6.10 Å². The van der Waals surface area contributed by atoms with Crippen molar-refractivity contribution in [2.24, 2.45) is 5.73 Å². The van der Waals surface area contributed by atoms with Crippen LogP contribution in [-0.2, 0) is 0 Å². The third-order valence-electron chi connectivity index (χ3n) is 3.55. The van der Waals surface area contributed by atoms with Crippen molar-refractivity contribution in [2.75, 3.05) is 7.11 Å². The first-order valence-electron chi connectivity index (χ1n) is 6.81. The lowest BCUT2D eigenvalue weighted by Gasteiger charge is -2.25. The van der Waals surface area contributed by atoms with Gasteiger partial charge in [0.2, 0.25) is 0 Å². The molecule has 0 saturated heterocycles. The summed E-state index contributed by atoms with van der Waals surface area (Å²) in [5.74, 6) is 1.70.